The van der Waals surface area contributed by atoms with Crippen molar-refractivity contribution >= 4 is 5.91 Å². The highest BCUT2D eigenvalue weighted by Gasteiger charge is 2.28. The Balaban J connectivity index is 1.74. The van der Waals surface area contributed by atoms with Crippen molar-refractivity contribution in [3.8, 4) is 0 Å². The summed E-state index contributed by atoms with van der Waals surface area (Å²) >= 11 is 0. The van der Waals surface area contributed by atoms with Crippen LogP contribution in [0.1, 0.15) is 50.8 Å². The first-order valence-electron chi connectivity index (χ1n) is 9.70. The maximum atomic E-state index is 13.5. The fraction of sp³-hybridized carbons (Fsp3) is 0.500. The first-order chi connectivity index (χ1) is 12.5. The zero-order valence-corrected chi connectivity index (χ0v) is 15.8. The third kappa shape index (κ3) is 4.75. The molecule has 3 nitrogen and oxygen atoms in total. The Morgan fingerprint density at radius 1 is 1.23 bits per heavy atom. The fourth-order valence-corrected chi connectivity index (χ4v) is 3.88. The molecule has 140 valence electrons. The van der Waals surface area contributed by atoms with Gasteiger partial charge in [0.1, 0.15) is 5.82 Å². The molecule has 4 heteroatoms. The molecule has 0 unspecified atom stereocenters. The van der Waals surface area contributed by atoms with E-state index < -0.39 is 0 Å². The highest BCUT2D eigenvalue weighted by molar-refractivity contribution is 5.79. The predicted molar refractivity (Wildman–Crippen MR) is 102 cm³/mol. The molecule has 0 bridgehead atoms. The normalized spacial score (nSPS) is 14.9. The summed E-state index contributed by atoms with van der Waals surface area (Å²) < 4.78 is 15.6. The number of rotatable bonds is 7. The molecule has 0 N–H and O–H groups in total. The molecule has 1 saturated carbocycles. The molecule has 1 aliphatic rings. The van der Waals surface area contributed by atoms with E-state index in [1.165, 1.54) is 18.9 Å². The van der Waals surface area contributed by atoms with Crippen molar-refractivity contribution in [2.24, 2.45) is 11.8 Å². The summed E-state index contributed by atoms with van der Waals surface area (Å²) in [6.45, 7) is 6.32. The van der Waals surface area contributed by atoms with Crippen molar-refractivity contribution in [3.63, 3.8) is 0 Å². The number of hydrogen-bond acceptors (Lipinski definition) is 1. The van der Waals surface area contributed by atoms with E-state index in [2.05, 4.69) is 24.5 Å². The van der Waals surface area contributed by atoms with E-state index in [4.69, 9.17) is 0 Å². The molecule has 1 amide bonds. The third-order valence-corrected chi connectivity index (χ3v) is 5.12. The quantitative estimate of drug-likeness (QED) is 0.696. The molecule has 0 spiro atoms. The molecular formula is C22H29FN2O. The van der Waals surface area contributed by atoms with Gasteiger partial charge in [0.05, 0.1) is 6.54 Å². The van der Waals surface area contributed by atoms with E-state index in [1.807, 2.05) is 23.2 Å². The predicted octanol–water partition coefficient (Wildman–Crippen LogP) is 4.85. The van der Waals surface area contributed by atoms with Gasteiger partial charge in [0.25, 0.3) is 0 Å². The highest BCUT2D eigenvalue weighted by Crippen LogP contribution is 2.27. The Morgan fingerprint density at radius 3 is 2.69 bits per heavy atom. The Kier molecular flexibility index (Phi) is 6.12. The minimum absolute atomic E-state index is 0.195. The van der Waals surface area contributed by atoms with Gasteiger partial charge in [0.2, 0.25) is 5.91 Å². The third-order valence-electron chi connectivity index (χ3n) is 5.12. The lowest BCUT2D eigenvalue weighted by Crippen LogP contribution is -2.38. The minimum Gasteiger partial charge on any atom is -0.345 e. The molecule has 1 fully saturated rings. The molecule has 3 rings (SSSR count). The smallest absolute Gasteiger partial charge is 0.226 e. The van der Waals surface area contributed by atoms with Gasteiger partial charge in [-0.2, -0.15) is 0 Å². The van der Waals surface area contributed by atoms with Crippen LogP contribution in [-0.2, 0) is 17.9 Å². The number of carbonyl (C=O) groups is 1. The van der Waals surface area contributed by atoms with E-state index in [-0.39, 0.29) is 11.7 Å². The van der Waals surface area contributed by atoms with E-state index in [9.17, 15) is 9.18 Å². The summed E-state index contributed by atoms with van der Waals surface area (Å²) in [7, 11) is 0. The first kappa shape index (κ1) is 18.7. The van der Waals surface area contributed by atoms with Crippen molar-refractivity contribution in [1.29, 1.82) is 0 Å². The first-order valence-corrected chi connectivity index (χ1v) is 9.70. The number of hydrogen-bond donors (Lipinski definition) is 0. The maximum absolute atomic E-state index is 13.5. The van der Waals surface area contributed by atoms with Crippen LogP contribution in [0.5, 0.6) is 0 Å². The molecule has 1 aromatic heterocycles. The summed E-state index contributed by atoms with van der Waals surface area (Å²) in [6.07, 6.45) is 6.40. The SMILES string of the molecule is CC(C)CN(Cc1cccn1Cc1cccc(F)c1)C(=O)C1CCCC1. The highest BCUT2D eigenvalue weighted by atomic mass is 19.1. The number of amides is 1. The van der Waals surface area contributed by atoms with Gasteiger partial charge in [-0.25, -0.2) is 4.39 Å². The molecular weight excluding hydrogens is 327 g/mol. The zero-order valence-electron chi connectivity index (χ0n) is 15.8. The lowest BCUT2D eigenvalue weighted by atomic mass is 10.1. The molecule has 1 heterocycles. The van der Waals surface area contributed by atoms with E-state index in [1.54, 1.807) is 12.1 Å². The van der Waals surface area contributed by atoms with Crippen LogP contribution in [0, 0.1) is 17.7 Å². The zero-order chi connectivity index (χ0) is 18.5. The van der Waals surface area contributed by atoms with Gasteiger partial charge in [-0.15, -0.1) is 0 Å². The average Bonchev–Trinajstić information content (AvgIpc) is 3.26. The van der Waals surface area contributed by atoms with E-state index in [0.29, 0.717) is 24.9 Å². The lowest BCUT2D eigenvalue weighted by Gasteiger charge is -2.28. The molecule has 0 atom stereocenters. The summed E-state index contributed by atoms with van der Waals surface area (Å²) in [6, 6.07) is 10.8. The summed E-state index contributed by atoms with van der Waals surface area (Å²) in [4.78, 5) is 15.0. The summed E-state index contributed by atoms with van der Waals surface area (Å²) in [5, 5.41) is 0. The largest absolute Gasteiger partial charge is 0.345 e. The van der Waals surface area contributed by atoms with Gasteiger partial charge in [-0.1, -0.05) is 38.8 Å². The number of halogens is 1. The Labute approximate surface area is 155 Å². The monoisotopic (exact) mass is 356 g/mol. The van der Waals surface area contributed by atoms with Crippen LogP contribution in [0.15, 0.2) is 42.6 Å². The number of carbonyl (C=O) groups excluding carboxylic acids is 1. The standard InChI is InChI=1S/C22H29FN2O/c1-17(2)14-25(22(26)19-8-3-4-9-19)16-21-11-6-12-24(21)15-18-7-5-10-20(23)13-18/h5-7,10-13,17,19H,3-4,8-9,14-16H2,1-2H3. The van der Waals surface area contributed by atoms with Crippen LogP contribution in [0.2, 0.25) is 0 Å². The van der Waals surface area contributed by atoms with Gasteiger partial charge in [0, 0.05) is 30.9 Å². The summed E-state index contributed by atoms with van der Waals surface area (Å²) in [5.74, 6) is 0.719. The molecule has 1 aromatic carbocycles. The molecule has 0 radical (unpaired) electrons. The van der Waals surface area contributed by atoms with E-state index >= 15 is 0 Å². The van der Waals surface area contributed by atoms with Crippen LogP contribution in [0.25, 0.3) is 0 Å². The summed E-state index contributed by atoms with van der Waals surface area (Å²) in [5.41, 5.74) is 2.03. The van der Waals surface area contributed by atoms with Crippen LogP contribution < -0.4 is 0 Å². The maximum Gasteiger partial charge on any atom is 0.226 e. The topological polar surface area (TPSA) is 25.2 Å². The minimum atomic E-state index is -0.214. The van der Waals surface area contributed by atoms with Gasteiger partial charge in [-0.05, 0) is 48.6 Å². The molecule has 0 aliphatic heterocycles. The van der Waals surface area contributed by atoms with Crippen molar-refractivity contribution < 1.29 is 9.18 Å². The van der Waals surface area contributed by atoms with Crippen molar-refractivity contribution in [2.45, 2.75) is 52.6 Å². The number of nitrogens with zero attached hydrogens (tertiary/aromatic N) is 2. The van der Waals surface area contributed by atoms with Crippen LogP contribution in [0.4, 0.5) is 4.39 Å². The van der Waals surface area contributed by atoms with Crippen LogP contribution in [0.3, 0.4) is 0 Å². The average molecular weight is 356 g/mol. The second kappa shape index (κ2) is 8.52. The van der Waals surface area contributed by atoms with Gasteiger partial charge in [-0.3, -0.25) is 4.79 Å². The van der Waals surface area contributed by atoms with Crippen molar-refractivity contribution in [1.82, 2.24) is 9.47 Å². The van der Waals surface area contributed by atoms with Gasteiger partial charge < -0.3 is 9.47 Å². The Hall–Kier alpha value is -2.10. The fourth-order valence-electron chi connectivity index (χ4n) is 3.88. The Morgan fingerprint density at radius 2 is 2.00 bits per heavy atom. The van der Waals surface area contributed by atoms with Crippen molar-refractivity contribution in [2.75, 3.05) is 6.54 Å². The Bertz CT molecular complexity index is 731. The number of benzene rings is 1. The second-order valence-corrected chi connectivity index (χ2v) is 7.85. The number of aromatic nitrogens is 1. The van der Waals surface area contributed by atoms with Crippen LogP contribution in [-0.4, -0.2) is 21.9 Å². The van der Waals surface area contributed by atoms with Gasteiger partial charge >= 0.3 is 0 Å². The lowest BCUT2D eigenvalue weighted by molar-refractivity contribution is -0.136. The second-order valence-electron chi connectivity index (χ2n) is 7.85. The molecule has 2 aromatic rings. The van der Waals surface area contributed by atoms with Gasteiger partial charge in [0.15, 0.2) is 0 Å². The van der Waals surface area contributed by atoms with E-state index in [0.717, 1.165) is 30.6 Å². The van der Waals surface area contributed by atoms with Crippen LogP contribution >= 0.6 is 0 Å². The molecule has 1 aliphatic carbocycles. The van der Waals surface area contributed by atoms with Crippen molar-refractivity contribution in [3.05, 3.63) is 59.7 Å². The molecule has 0 saturated heterocycles. The molecule has 26 heavy (non-hydrogen) atoms.